The molecule has 2 unspecified atom stereocenters. The molecule has 3 atom stereocenters. The number of nitrogens with one attached hydrogen (secondary N) is 2. The molecule has 3 heterocycles. The average Bonchev–Trinajstić information content (AvgIpc) is 3.23. The first-order chi connectivity index (χ1) is 14.3. The summed E-state index contributed by atoms with van der Waals surface area (Å²) in [7, 11) is 1.10. The predicted octanol–water partition coefficient (Wildman–Crippen LogP) is 0.169. The highest BCUT2D eigenvalue weighted by atomic mass is 35.5. The van der Waals surface area contributed by atoms with Crippen LogP contribution in [0.15, 0.2) is 21.7 Å². The van der Waals surface area contributed by atoms with Crippen LogP contribution in [0.4, 0.5) is 0 Å². The number of carboxylic acids is 1. The van der Waals surface area contributed by atoms with Crippen LogP contribution >= 0.6 is 46.7 Å². The Balaban J connectivity index is 1.72. The van der Waals surface area contributed by atoms with Crippen molar-refractivity contribution in [2.45, 2.75) is 21.7 Å². The number of amides is 2. The van der Waals surface area contributed by atoms with Crippen LogP contribution in [0.3, 0.4) is 0 Å². The van der Waals surface area contributed by atoms with Crippen LogP contribution in [0.5, 0.6) is 0 Å². The number of halogens is 1. The van der Waals surface area contributed by atoms with E-state index in [4.69, 9.17) is 21.7 Å². The molecule has 2 aliphatic rings. The van der Waals surface area contributed by atoms with Crippen molar-refractivity contribution < 1.29 is 29.0 Å². The Hall–Kier alpha value is -2.00. The van der Waals surface area contributed by atoms with Crippen LogP contribution in [0.2, 0.25) is 0 Å². The standard InChI is InChI=1S/C15H14ClN5O6S3/c1-27-10(9(22)11(16)17)12(23)19-7-13(24)21-8(15(25)26)5(4-29-14(7)21)3-28-6-2-18-20-30-6/h2,7,10,14,17H,3-4H2,1H3,(H,19,23)(H,25,26)/t7?,10?,14-/m1/s1. The number of fused-ring (bicyclic) bond motifs is 1. The maximum absolute atomic E-state index is 12.6. The van der Waals surface area contributed by atoms with Gasteiger partial charge in [0, 0.05) is 18.6 Å². The largest absolute Gasteiger partial charge is 0.477 e. The Labute approximate surface area is 187 Å². The second kappa shape index (κ2) is 9.43. The molecule has 1 saturated heterocycles. The van der Waals surface area contributed by atoms with Crippen LogP contribution in [0.25, 0.3) is 0 Å². The molecule has 0 saturated carbocycles. The SMILES string of the molecule is COC(C(=O)NC1C(=O)N2C(C(=O)O)=C(CSc3cnns3)CS[C@H]12)C(=O)C(=N)Cl. The molecule has 3 rings (SSSR count). The number of aromatic nitrogens is 2. The van der Waals surface area contributed by atoms with Gasteiger partial charge in [0.2, 0.25) is 11.9 Å². The summed E-state index contributed by atoms with van der Waals surface area (Å²) >= 11 is 9.18. The van der Waals surface area contributed by atoms with Crippen LogP contribution in [0.1, 0.15) is 0 Å². The van der Waals surface area contributed by atoms with E-state index in [2.05, 4.69) is 14.9 Å². The smallest absolute Gasteiger partial charge is 0.352 e. The number of hydrogen-bond donors (Lipinski definition) is 3. The van der Waals surface area contributed by atoms with Gasteiger partial charge in [0.15, 0.2) is 5.17 Å². The van der Waals surface area contributed by atoms with Gasteiger partial charge in [-0.15, -0.1) is 28.6 Å². The summed E-state index contributed by atoms with van der Waals surface area (Å²) in [6.07, 6.45) is -0.0938. The number of Topliss-reactive ketones (excluding diaryl/α,β-unsaturated/α-hetero) is 1. The first kappa shape index (κ1) is 22.7. The molecule has 11 nitrogen and oxygen atoms in total. The molecule has 30 heavy (non-hydrogen) atoms. The van der Waals surface area contributed by atoms with Gasteiger partial charge in [-0.05, 0) is 17.1 Å². The maximum Gasteiger partial charge on any atom is 0.352 e. The van der Waals surface area contributed by atoms with Crippen LogP contribution in [-0.2, 0) is 23.9 Å². The van der Waals surface area contributed by atoms with Crippen molar-refractivity contribution in [1.29, 1.82) is 5.41 Å². The molecule has 0 bridgehead atoms. The van der Waals surface area contributed by atoms with Gasteiger partial charge in [-0.1, -0.05) is 16.1 Å². The Morgan fingerprint density at radius 2 is 2.27 bits per heavy atom. The molecule has 1 fully saturated rings. The number of carbonyl (C=O) groups excluding carboxylic acids is 3. The number of β-lactam (4-membered cyclic amide) rings is 1. The van der Waals surface area contributed by atoms with Crippen LogP contribution in [-0.4, -0.2) is 84.5 Å². The number of nitrogens with zero attached hydrogens (tertiary/aromatic N) is 3. The Morgan fingerprint density at radius 3 is 2.83 bits per heavy atom. The molecule has 160 valence electrons. The summed E-state index contributed by atoms with van der Waals surface area (Å²) in [4.78, 5) is 49.7. The number of ether oxygens (including phenoxy) is 1. The van der Waals surface area contributed by atoms with Gasteiger partial charge in [-0.3, -0.25) is 24.7 Å². The van der Waals surface area contributed by atoms with Crippen molar-refractivity contribution in [3.8, 4) is 0 Å². The van der Waals surface area contributed by atoms with Crippen LogP contribution < -0.4 is 5.32 Å². The molecule has 0 radical (unpaired) electrons. The zero-order valence-corrected chi connectivity index (χ0v) is 18.4. The van der Waals surface area contributed by atoms with E-state index in [0.29, 0.717) is 17.1 Å². The second-order valence-electron chi connectivity index (χ2n) is 5.97. The molecule has 0 spiro atoms. The zero-order chi connectivity index (χ0) is 22.0. The van der Waals surface area contributed by atoms with Crippen molar-refractivity contribution in [1.82, 2.24) is 19.8 Å². The first-order valence-corrected chi connectivity index (χ1v) is 11.4. The van der Waals surface area contributed by atoms with E-state index in [-0.39, 0.29) is 5.70 Å². The molecule has 3 N–H and O–H groups in total. The highest BCUT2D eigenvalue weighted by molar-refractivity contribution is 8.01. The van der Waals surface area contributed by atoms with Crippen molar-refractivity contribution in [3.05, 3.63) is 17.5 Å². The van der Waals surface area contributed by atoms with Crippen molar-refractivity contribution >= 4 is 75.4 Å². The molecule has 2 amide bonds. The van der Waals surface area contributed by atoms with Gasteiger partial charge < -0.3 is 15.2 Å². The lowest BCUT2D eigenvalue weighted by Crippen LogP contribution is -2.71. The van der Waals surface area contributed by atoms with Gasteiger partial charge in [0.25, 0.3) is 11.8 Å². The molecule has 1 aromatic rings. The summed E-state index contributed by atoms with van der Waals surface area (Å²) in [6, 6.07) is -1.02. The number of rotatable bonds is 9. The fraction of sp³-hybridized carbons (Fsp3) is 0.400. The molecule has 0 aliphatic carbocycles. The Morgan fingerprint density at radius 1 is 1.53 bits per heavy atom. The van der Waals surface area contributed by atoms with Gasteiger partial charge in [0.05, 0.1) is 6.20 Å². The van der Waals surface area contributed by atoms with E-state index in [1.54, 1.807) is 6.20 Å². The molecule has 0 aromatic carbocycles. The number of ketones is 1. The summed E-state index contributed by atoms with van der Waals surface area (Å²) in [5.74, 6) is -3.11. The van der Waals surface area contributed by atoms with E-state index < -0.39 is 46.3 Å². The highest BCUT2D eigenvalue weighted by Gasteiger charge is 2.54. The lowest BCUT2D eigenvalue weighted by molar-refractivity contribution is -0.152. The van der Waals surface area contributed by atoms with E-state index in [9.17, 15) is 24.3 Å². The quantitative estimate of drug-likeness (QED) is 0.188. The highest BCUT2D eigenvalue weighted by Crippen LogP contribution is 2.41. The topological polar surface area (TPSA) is 163 Å². The third kappa shape index (κ3) is 4.37. The number of hydrogen-bond acceptors (Lipinski definition) is 11. The maximum atomic E-state index is 12.6. The summed E-state index contributed by atoms with van der Waals surface area (Å²) in [5.41, 5.74) is 0.460. The normalized spacial score (nSPS) is 21.5. The predicted molar refractivity (Wildman–Crippen MR) is 110 cm³/mol. The van der Waals surface area contributed by atoms with Crippen molar-refractivity contribution in [2.75, 3.05) is 18.6 Å². The van der Waals surface area contributed by atoms with E-state index in [1.165, 1.54) is 35.1 Å². The summed E-state index contributed by atoms with van der Waals surface area (Å²) in [6.45, 7) is 0. The van der Waals surface area contributed by atoms with Gasteiger partial charge in [-0.2, -0.15) is 0 Å². The minimum Gasteiger partial charge on any atom is -0.477 e. The zero-order valence-electron chi connectivity index (χ0n) is 15.2. The number of carboxylic acid groups (broad SMARTS) is 1. The number of carbonyl (C=O) groups is 4. The fourth-order valence-corrected chi connectivity index (χ4v) is 5.86. The van der Waals surface area contributed by atoms with E-state index in [0.717, 1.165) is 16.2 Å². The molecular weight excluding hydrogens is 478 g/mol. The van der Waals surface area contributed by atoms with Gasteiger partial charge >= 0.3 is 5.97 Å². The minimum atomic E-state index is -1.67. The van der Waals surface area contributed by atoms with Crippen molar-refractivity contribution in [2.24, 2.45) is 0 Å². The van der Waals surface area contributed by atoms with Crippen molar-refractivity contribution in [3.63, 3.8) is 0 Å². The molecule has 2 aliphatic heterocycles. The summed E-state index contributed by atoms with van der Waals surface area (Å²) < 4.78 is 9.35. The third-order valence-corrected chi connectivity index (χ3v) is 7.65. The molecular formula is C15H14ClN5O6S3. The molecule has 1 aromatic heterocycles. The van der Waals surface area contributed by atoms with Gasteiger partial charge in [-0.25, -0.2) is 4.79 Å². The Bertz CT molecular complexity index is 939. The van der Waals surface area contributed by atoms with E-state index in [1.807, 2.05) is 0 Å². The van der Waals surface area contributed by atoms with Gasteiger partial charge in [0.1, 0.15) is 21.3 Å². The third-order valence-electron chi connectivity index (χ3n) is 4.21. The monoisotopic (exact) mass is 491 g/mol. The second-order valence-corrected chi connectivity index (χ2v) is 9.52. The fourth-order valence-electron chi connectivity index (χ4n) is 2.85. The first-order valence-electron chi connectivity index (χ1n) is 8.17. The van der Waals surface area contributed by atoms with Crippen LogP contribution in [0, 0.1) is 5.41 Å². The number of thioether (sulfide) groups is 2. The summed E-state index contributed by atoms with van der Waals surface area (Å²) in [5, 5.41) is 21.4. The number of methoxy groups -OCH3 is 1. The number of aliphatic carboxylic acids is 1. The lowest BCUT2D eigenvalue weighted by Gasteiger charge is -2.49. The van der Waals surface area contributed by atoms with E-state index >= 15 is 0 Å². The average molecular weight is 492 g/mol. The minimum absolute atomic E-state index is 0.110. The molecule has 15 heteroatoms. The lowest BCUT2D eigenvalue weighted by atomic mass is 10.0. The Kier molecular flexibility index (Phi) is 7.13.